The summed E-state index contributed by atoms with van der Waals surface area (Å²) >= 11 is 0. The Bertz CT molecular complexity index is 1250. The molecule has 0 atom stereocenters. The van der Waals surface area contributed by atoms with E-state index in [0.29, 0.717) is 0 Å². The second-order valence-corrected chi connectivity index (χ2v) is 6.34. The summed E-state index contributed by atoms with van der Waals surface area (Å²) < 4.78 is 0. The summed E-state index contributed by atoms with van der Waals surface area (Å²) in [4.78, 5) is 9.91. The average Bonchev–Trinajstić information content (AvgIpc) is 2.67. The standard InChI is InChI=1S/C23H16N2/c1-15-22(20-12-6-9-16-7-2-4-10-18(16)20)25-23-19-11-5-3-8-17(19)13-14-21(23)24-15/h2-14H,1H3. The van der Waals surface area contributed by atoms with E-state index in [1.165, 1.54) is 16.2 Å². The molecule has 0 fully saturated rings. The van der Waals surface area contributed by atoms with Crippen LogP contribution in [0.1, 0.15) is 5.69 Å². The zero-order valence-corrected chi connectivity index (χ0v) is 13.9. The van der Waals surface area contributed by atoms with Crippen molar-refractivity contribution in [3.63, 3.8) is 0 Å². The first-order valence-corrected chi connectivity index (χ1v) is 8.45. The van der Waals surface area contributed by atoms with Crippen LogP contribution in [0.2, 0.25) is 0 Å². The van der Waals surface area contributed by atoms with Gasteiger partial charge in [0.25, 0.3) is 0 Å². The minimum absolute atomic E-state index is 0.945. The summed E-state index contributed by atoms with van der Waals surface area (Å²) in [6.45, 7) is 2.04. The molecule has 0 aliphatic heterocycles. The van der Waals surface area contributed by atoms with Gasteiger partial charge in [-0.2, -0.15) is 0 Å². The zero-order chi connectivity index (χ0) is 16.8. The molecule has 0 aliphatic rings. The summed E-state index contributed by atoms with van der Waals surface area (Å²) in [5, 5.41) is 4.77. The van der Waals surface area contributed by atoms with Gasteiger partial charge in [0.15, 0.2) is 0 Å². The minimum Gasteiger partial charge on any atom is -0.249 e. The Hall–Kier alpha value is -3.26. The van der Waals surface area contributed by atoms with Crippen LogP contribution in [0.4, 0.5) is 0 Å². The first-order valence-electron chi connectivity index (χ1n) is 8.45. The predicted molar refractivity (Wildman–Crippen MR) is 105 cm³/mol. The Morgan fingerprint density at radius 2 is 1.28 bits per heavy atom. The van der Waals surface area contributed by atoms with E-state index in [4.69, 9.17) is 9.97 Å². The van der Waals surface area contributed by atoms with Gasteiger partial charge in [0.2, 0.25) is 0 Å². The van der Waals surface area contributed by atoms with E-state index >= 15 is 0 Å². The van der Waals surface area contributed by atoms with Crippen molar-refractivity contribution < 1.29 is 0 Å². The molecule has 2 heteroatoms. The van der Waals surface area contributed by atoms with Crippen molar-refractivity contribution in [1.82, 2.24) is 9.97 Å². The maximum Gasteiger partial charge on any atom is 0.0972 e. The van der Waals surface area contributed by atoms with Crippen molar-refractivity contribution in [2.75, 3.05) is 0 Å². The lowest BCUT2D eigenvalue weighted by atomic mass is 10.0. The Morgan fingerprint density at radius 1 is 0.600 bits per heavy atom. The van der Waals surface area contributed by atoms with Gasteiger partial charge >= 0.3 is 0 Å². The molecule has 1 heterocycles. The monoisotopic (exact) mass is 320 g/mol. The number of benzene rings is 4. The molecule has 0 amide bonds. The molecule has 0 saturated heterocycles. The van der Waals surface area contributed by atoms with E-state index in [-0.39, 0.29) is 0 Å². The third kappa shape index (κ3) is 2.18. The summed E-state index contributed by atoms with van der Waals surface area (Å²) in [5.74, 6) is 0. The van der Waals surface area contributed by atoms with Crippen molar-refractivity contribution in [3.05, 3.63) is 84.6 Å². The van der Waals surface area contributed by atoms with E-state index in [2.05, 4.69) is 78.9 Å². The number of nitrogens with zero attached hydrogens (tertiary/aromatic N) is 2. The highest BCUT2D eigenvalue weighted by atomic mass is 14.8. The largest absolute Gasteiger partial charge is 0.249 e. The summed E-state index contributed by atoms with van der Waals surface area (Å²) in [7, 11) is 0. The van der Waals surface area contributed by atoms with Crippen LogP contribution >= 0.6 is 0 Å². The van der Waals surface area contributed by atoms with Crippen molar-refractivity contribution in [2.24, 2.45) is 0 Å². The average molecular weight is 320 g/mol. The van der Waals surface area contributed by atoms with Crippen LogP contribution in [-0.4, -0.2) is 9.97 Å². The second kappa shape index (κ2) is 5.38. The zero-order valence-electron chi connectivity index (χ0n) is 13.9. The highest BCUT2D eigenvalue weighted by molar-refractivity contribution is 6.05. The van der Waals surface area contributed by atoms with Gasteiger partial charge in [0, 0.05) is 10.9 Å². The van der Waals surface area contributed by atoms with Gasteiger partial charge in [-0.25, -0.2) is 9.97 Å². The van der Waals surface area contributed by atoms with Crippen molar-refractivity contribution in [3.8, 4) is 11.3 Å². The van der Waals surface area contributed by atoms with Crippen LogP contribution in [0.5, 0.6) is 0 Å². The van der Waals surface area contributed by atoms with Crippen LogP contribution in [0.25, 0.3) is 43.8 Å². The normalized spacial score (nSPS) is 11.4. The topological polar surface area (TPSA) is 25.8 Å². The van der Waals surface area contributed by atoms with Gasteiger partial charge in [-0.3, -0.25) is 0 Å². The predicted octanol–water partition coefficient (Wildman–Crippen LogP) is 5.91. The number of hydrogen-bond acceptors (Lipinski definition) is 2. The number of fused-ring (bicyclic) bond motifs is 4. The van der Waals surface area contributed by atoms with E-state index in [1.807, 2.05) is 6.92 Å². The van der Waals surface area contributed by atoms with E-state index in [1.54, 1.807) is 0 Å². The molecule has 0 saturated carbocycles. The first-order chi connectivity index (χ1) is 12.3. The molecule has 118 valence electrons. The van der Waals surface area contributed by atoms with Gasteiger partial charge in [-0.15, -0.1) is 0 Å². The Morgan fingerprint density at radius 3 is 2.12 bits per heavy atom. The van der Waals surface area contributed by atoms with Crippen LogP contribution in [0, 0.1) is 6.92 Å². The Labute approximate surface area is 145 Å². The molecule has 0 N–H and O–H groups in total. The lowest BCUT2D eigenvalue weighted by Gasteiger charge is -2.11. The van der Waals surface area contributed by atoms with Crippen molar-refractivity contribution >= 4 is 32.6 Å². The van der Waals surface area contributed by atoms with E-state index < -0.39 is 0 Å². The highest BCUT2D eigenvalue weighted by Crippen LogP contribution is 2.31. The fraction of sp³-hybridized carbons (Fsp3) is 0.0435. The van der Waals surface area contributed by atoms with Gasteiger partial charge in [0.1, 0.15) is 0 Å². The van der Waals surface area contributed by atoms with Crippen molar-refractivity contribution in [2.45, 2.75) is 6.92 Å². The summed E-state index contributed by atoms with van der Waals surface area (Å²) in [6, 6.07) is 27.3. The molecule has 0 unspecified atom stereocenters. The number of rotatable bonds is 1. The Balaban J connectivity index is 1.89. The molecule has 2 nitrogen and oxygen atoms in total. The minimum atomic E-state index is 0.945. The summed E-state index contributed by atoms with van der Waals surface area (Å²) in [5.41, 5.74) is 4.96. The molecule has 0 spiro atoms. The molecule has 1 aromatic heterocycles. The van der Waals surface area contributed by atoms with Gasteiger partial charge in [0.05, 0.1) is 22.4 Å². The van der Waals surface area contributed by atoms with Gasteiger partial charge in [-0.05, 0) is 29.1 Å². The number of aryl methyl sites for hydroxylation is 1. The molecule has 25 heavy (non-hydrogen) atoms. The first kappa shape index (κ1) is 14.1. The smallest absolute Gasteiger partial charge is 0.0972 e. The summed E-state index contributed by atoms with van der Waals surface area (Å²) in [6.07, 6.45) is 0. The Kier molecular flexibility index (Phi) is 3.04. The number of hydrogen-bond donors (Lipinski definition) is 0. The maximum absolute atomic E-state index is 5.06. The van der Waals surface area contributed by atoms with Gasteiger partial charge in [-0.1, -0.05) is 72.8 Å². The van der Waals surface area contributed by atoms with Crippen LogP contribution in [-0.2, 0) is 0 Å². The molecule has 5 aromatic rings. The van der Waals surface area contributed by atoms with E-state index in [0.717, 1.165) is 33.4 Å². The van der Waals surface area contributed by atoms with Gasteiger partial charge < -0.3 is 0 Å². The molecule has 0 radical (unpaired) electrons. The molecule has 0 bridgehead atoms. The van der Waals surface area contributed by atoms with E-state index in [9.17, 15) is 0 Å². The highest BCUT2D eigenvalue weighted by Gasteiger charge is 2.12. The van der Waals surface area contributed by atoms with Crippen LogP contribution in [0.3, 0.4) is 0 Å². The second-order valence-electron chi connectivity index (χ2n) is 6.34. The molecule has 4 aromatic carbocycles. The fourth-order valence-electron chi connectivity index (χ4n) is 3.56. The third-order valence-corrected chi connectivity index (χ3v) is 4.78. The SMILES string of the molecule is Cc1nc2ccc3ccccc3c2nc1-c1cccc2ccccc12. The number of aromatic nitrogens is 2. The molecule has 5 rings (SSSR count). The molecular weight excluding hydrogens is 304 g/mol. The molecule has 0 aliphatic carbocycles. The van der Waals surface area contributed by atoms with Crippen molar-refractivity contribution in [1.29, 1.82) is 0 Å². The maximum atomic E-state index is 5.06. The lowest BCUT2D eigenvalue weighted by molar-refractivity contribution is 1.20. The quantitative estimate of drug-likeness (QED) is 0.359. The lowest BCUT2D eigenvalue weighted by Crippen LogP contribution is -1.95. The fourth-order valence-corrected chi connectivity index (χ4v) is 3.56. The third-order valence-electron chi connectivity index (χ3n) is 4.78. The molecular formula is C23H16N2. The van der Waals surface area contributed by atoms with Crippen LogP contribution < -0.4 is 0 Å². The van der Waals surface area contributed by atoms with Crippen LogP contribution in [0.15, 0.2) is 78.9 Å².